The van der Waals surface area contributed by atoms with Crippen LogP contribution in [0.1, 0.15) is 228 Å². The highest BCUT2D eigenvalue weighted by Gasteiger charge is 2.54. The van der Waals surface area contributed by atoms with Gasteiger partial charge in [0.15, 0.2) is 23.1 Å². The van der Waals surface area contributed by atoms with E-state index in [4.69, 9.17) is 0 Å². The number of allylic oxidation sites excluding steroid dienone is 8. The van der Waals surface area contributed by atoms with Crippen molar-refractivity contribution in [3.05, 3.63) is 250 Å². The second-order valence-corrected chi connectivity index (χ2v) is 35.2. The van der Waals surface area contributed by atoms with Gasteiger partial charge in [-0.1, -0.05) is 210 Å². The molecule has 97 heavy (non-hydrogen) atoms. The molecule has 8 aliphatic rings. The van der Waals surface area contributed by atoms with E-state index < -0.39 is 0 Å². The largest absolute Gasteiger partial charge is 0.295 e. The van der Waals surface area contributed by atoms with Crippen molar-refractivity contribution in [2.24, 2.45) is 16.2 Å². The molecule has 0 fully saturated rings. The second kappa shape index (κ2) is 26.6. The standard InChI is InChI=1S/2C22H25NOS.C21H22BrNOS.C19H19NOS/c2*1-5-22(16-8-6-14(2)7-9-16)19-15(10-17-20(22)25-13-23-17)11-21(3,4)12-18(19)24;1-4-21(14-6-5-7-15(22)9-14)18-13(8-16-19(21)25-12-23-16)10-20(2,3)11-17(18)24;1-2-19(14-8-4-3-5-9-14)17-13(7-6-10-16(17)21)11-15-18(19)22-12-20-15/h2*6-9,13H,5,10-12H2,1-4H3;5-7,9,12H,4,8,10-11H2,1-3H3;3-5,8-9,12H,2,6-7,10-11H2,1H3/t22-;;;19-/m1..1/s1. The maximum atomic E-state index is 13.3. The maximum Gasteiger partial charge on any atom is 0.160 e. The predicted octanol–water partition coefficient (Wildman–Crippen LogP) is 21.1. The van der Waals surface area contributed by atoms with Gasteiger partial charge in [-0.3, -0.25) is 19.2 Å². The molecule has 13 heteroatoms. The number of nitrogens with zero attached hydrogens (tertiary/aromatic N) is 4. The molecular formula is C84H91BrN4O4S4. The molecule has 0 aliphatic heterocycles. The van der Waals surface area contributed by atoms with Crippen molar-refractivity contribution in [3.63, 3.8) is 0 Å². The minimum atomic E-state index is -0.346. The highest BCUT2D eigenvalue weighted by Crippen LogP contribution is 2.59. The lowest BCUT2D eigenvalue weighted by atomic mass is 9.59. The van der Waals surface area contributed by atoms with E-state index in [1.807, 2.05) is 34.2 Å². The molecular weight excluding hydrogens is 1340 g/mol. The van der Waals surface area contributed by atoms with Crippen LogP contribution in [0.4, 0.5) is 0 Å². The van der Waals surface area contributed by atoms with Crippen LogP contribution in [0, 0.1) is 30.1 Å². The van der Waals surface area contributed by atoms with Crippen molar-refractivity contribution >= 4 is 84.4 Å². The molecule has 0 bridgehead atoms. The number of aromatic nitrogens is 4. The summed E-state index contributed by atoms with van der Waals surface area (Å²) in [6, 6.07) is 36.5. The molecule has 0 amide bonds. The molecule has 4 heterocycles. The third-order valence-corrected chi connectivity index (χ3v) is 27.2. The summed E-state index contributed by atoms with van der Waals surface area (Å²) in [7, 11) is 0. The van der Waals surface area contributed by atoms with Gasteiger partial charge < -0.3 is 0 Å². The number of rotatable bonds is 8. The maximum absolute atomic E-state index is 13.3. The number of halogens is 1. The number of benzene rings is 4. The van der Waals surface area contributed by atoms with Crippen LogP contribution in [0.15, 0.2) is 174 Å². The first kappa shape index (κ1) is 69.0. The second-order valence-electron chi connectivity index (χ2n) is 30.9. The molecule has 8 aliphatic carbocycles. The Morgan fingerprint density at radius 3 is 1.04 bits per heavy atom. The van der Waals surface area contributed by atoms with Gasteiger partial charge in [0, 0.05) is 97.6 Å². The molecule has 8 aromatic rings. The highest BCUT2D eigenvalue weighted by molar-refractivity contribution is 9.10. The lowest BCUT2D eigenvalue weighted by molar-refractivity contribution is -0.119. The van der Waals surface area contributed by atoms with Crippen LogP contribution < -0.4 is 0 Å². The number of aryl methyl sites for hydroxylation is 2. The number of Topliss-reactive ketones (excluding diaryl/α,β-unsaturated/α-hetero) is 4. The summed E-state index contributed by atoms with van der Waals surface area (Å²) in [4.78, 5) is 76.6. The van der Waals surface area contributed by atoms with Crippen LogP contribution in [0.25, 0.3) is 0 Å². The fourth-order valence-electron chi connectivity index (χ4n) is 18.7. The first-order valence-corrected chi connectivity index (χ1v) is 39.4. The monoisotopic (exact) mass is 1430 g/mol. The Labute approximate surface area is 599 Å². The van der Waals surface area contributed by atoms with Crippen LogP contribution in [-0.2, 0) is 66.5 Å². The lowest BCUT2D eigenvalue weighted by Gasteiger charge is -2.44. The summed E-state index contributed by atoms with van der Waals surface area (Å²) in [5.74, 6) is 1.36. The van der Waals surface area contributed by atoms with E-state index in [0.717, 1.165) is 116 Å². The lowest BCUT2D eigenvalue weighted by Crippen LogP contribution is -2.42. The zero-order valence-corrected chi connectivity index (χ0v) is 63.4. The first-order chi connectivity index (χ1) is 46.4. The molecule has 4 atom stereocenters. The van der Waals surface area contributed by atoms with Crippen molar-refractivity contribution in [2.45, 2.75) is 214 Å². The molecule has 8 nitrogen and oxygen atoms in total. The number of carbonyl (C=O) groups is 4. The van der Waals surface area contributed by atoms with Crippen LogP contribution >= 0.6 is 61.3 Å². The van der Waals surface area contributed by atoms with E-state index in [9.17, 15) is 19.2 Å². The Hall–Kier alpha value is -6.48. The van der Waals surface area contributed by atoms with E-state index in [0.29, 0.717) is 48.8 Å². The van der Waals surface area contributed by atoms with Gasteiger partial charge in [0.25, 0.3) is 0 Å². The number of carbonyl (C=O) groups excluding carboxylic acids is 4. The van der Waals surface area contributed by atoms with E-state index in [-0.39, 0.29) is 37.9 Å². The Bertz CT molecular complexity index is 4400. The third kappa shape index (κ3) is 12.0. The molecule has 0 saturated heterocycles. The number of ketones is 4. The van der Waals surface area contributed by atoms with E-state index in [1.165, 1.54) is 92.3 Å². The third-order valence-electron chi connectivity index (χ3n) is 22.5. The zero-order valence-electron chi connectivity index (χ0n) is 58.6. The molecule has 4 aromatic heterocycles. The Kier molecular flexibility index (Phi) is 18.9. The molecule has 0 saturated carbocycles. The SMILES string of the molecule is CCC1(c2ccc(C)cc2)C2=C(Cc3ncsc31)CC(C)(C)CC2=O.CCC1(c2cccc(Br)c2)C2=C(Cc3ncsc31)CC(C)(C)CC2=O.CC[C@@]1(c2ccc(C)cc2)C2=C(Cc3ncsc31)CC(C)(C)CC2=O.CC[C@@]1(c2ccccc2)C2=C(CCCC2=O)Cc2ncsc21. The first-order valence-electron chi connectivity index (χ1n) is 35.1. The van der Waals surface area contributed by atoms with Gasteiger partial charge in [0.2, 0.25) is 0 Å². The number of hydrogen-bond donors (Lipinski definition) is 0. The molecule has 0 spiro atoms. The molecule has 16 rings (SSSR count). The van der Waals surface area contributed by atoms with Gasteiger partial charge >= 0.3 is 0 Å². The zero-order chi connectivity index (χ0) is 68.6. The number of fused-ring (bicyclic) bond motifs is 4. The van der Waals surface area contributed by atoms with Gasteiger partial charge in [0.1, 0.15) is 0 Å². The average Bonchev–Trinajstić information content (AvgIpc) is 1.72. The molecule has 0 N–H and O–H groups in total. The van der Waals surface area contributed by atoms with Crippen molar-refractivity contribution < 1.29 is 19.2 Å². The summed E-state index contributed by atoms with van der Waals surface area (Å²) < 4.78 is 1.06. The molecule has 2 unspecified atom stereocenters. The van der Waals surface area contributed by atoms with Gasteiger partial charge in [-0.05, 0) is 122 Å². The van der Waals surface area contributed by atoms with Crippen LogP contribution in [0.3, 0.4) is 0 Å². The fourth-order valence-corrected chi connectivity index (χ4v) is 23.5. The fraction of sp³-hybridized carbons (Fsp3) is 0.429. The molecule has 0 radical (unpaired) electrons. The quantitative estimate of drug-likeness (QED) is 0.148. The molecule has 4 aromatic carbocycles. The minimum absolute atomic E-state index is 0.0419. The van der Waals surface area contributed by atoms with E-state index in [2.05, 4.69) is 210 Å². The van der Waals surface area contributed by atoms with Gasteiger partial charge in [-0.25, -0.2) is 19.9 Å². The topological polar surface area (TPSA) is 120 Å². The van der Waals surface area contributed by atoms with Gasteiger partial charge in [-0.2, -0.15) is 0 Å². The summed E-state index contributed by atoms with van der Waals surface area (Å²) in [5.41, 5.74) is 28.4. The van der Waals surface area contributed by atoms with E-state index >= 15 is 0 Å². The average molecular weight is 1430 g/mol. The summed E-state index contributed by atoms with van der Waals surface area (Å²) in [6.45, 7) is 26.3. The Morgan fingerprint density at radius 1 is 0.371 bits per heavy atom. The van der Waals surface area contributed by atoms with Crippen LogP contribution in [0.2, 0.25) is 0 Å². The van der Waals surface area contributed by atoms with Gasteiger partial charge in [0.05, 0.1) is 66.5 Å². The molecule has 502 valence electrons. The normalized spacial score (nSPS) is 24.7. The Balaban J connectivity index is 0.000000117. The Morgan fingerprint density at radius 2 is 0.691 bits per heavy atom. The summed E-state index contributed by atoms with van der Waals surface area (Å²) in [5, 5.41) is 0. The minimum Gasteiger partial charge on any atom is -0.295 e. The van der Waals surface area contributed by atoms with E-state index in [1.54, 1.807) is 45.3 Å². The van der Waals surface area contributed by atoms with Crippen LogP contribution in [0.5, 0.6) is 0 Å². The summed E-state index contributed by atoms with van der Waals surface area (Å²) >= 11 is 10.5. The van der Waals surface area contributed by atoms with Crippen molar-refractivity contribution in [1.82, 2.24) is 19.9 Å². The van der Waals surface area contributed by atoms with Crippen LogP contribution in [-0.4, -0.2) is 43.1 Å². The predicted molar refractivity (Wildman–Crippen MR) is 402 cm³/mol. The summed E-state index contributed by atoms with van der Waals surface area (Å²) in [6.07, 6.45) is 14.6. The van der Waals surface area contributed by atoms with Crippen molar-refractivity contribution in [1.29, 1.82) is 0 Å². The number of thiazole rings is 4. The smallest absolute Gasteiger partial charge is 0.160 e. The van der Waals surface area contributed by atoms with Crippen molar-refractivity contribution in [3.8, 4) is 0 Å². The number of hydrogen-bond acceptors (Lipinski definition) is 12. The van der Waals surface area contributed by atoms with Crippen molar-refractivity contribution in [2.75, 3.05) is 0 Å². The highest BCUT2D eigenvalue weighted by atomic mass is 79.9. The van der Waals surface area contributed by atoms with Gasteiger partial charge in [-0.15, -0.1) is 45.3 Å².